The fourth-order valence-electron chi connectivity index (χ4n) is 3.56. The van der Waals surface area contributed by atoms with E-state index in [2.05, 4.69) is 9.97 Å². The molecule has 1 fully saturated rings. The first-order chi connectivity index (χ1) is 13.8. The number of benzene rings is 1. The van der Waals surface area contributed by atoms with Crippen LogP contribution >= 0.6 is 11.8 Å². The zero-order chi connectivity index (χ0) is 21.1. The molecule has 0 radical (unpaired) electrons. The molecule has 2 amide bonds. The van der Waals surface area contributed by atoms with Gasteiger partial charge in [-0.25, -0.2) is 4.98 Å². The minimum atomic E-state index is -0.785. The summed E-state index contributed by atoms with van der Waals surface area (Å²) >= 11 is 1.58. The van der Waals surface area contributed by atoms with Gasteiger partial charge in [0, 0.05) is 32.0 Å². The van der Waals surface area contributed by atoms with Gasteiger partial charge in [-0.1, -0.05) is 18.2 Å². The number of carbonyl (C=O) groups is 2. The second-order valence-corrected chi connectivity index (χ2v) is 7.84. The van der Waals surface area contributed by atoms with Crippen LogP contribution in [-0.2, 0) is 11.3 Å². The first-order valence-electron chi connectivity index (χ1n) is 9.31. The van der Waals surface area contributed by atoms with Crippen LogP contribution in [0.2, 0.25) is 0 Å². The predicted octanol–water partition coefficient (Wildman–Crippen LogP) is 2.15. The number of hydrogen-bond donors (Lipinski definition) is 2. The molecule has 1 aliphatic rings. The second-order valence-electron chi connectivity index (χ2n) is 6.99. The number of thioether (sulfide) groups is 1. The zero-order valence-corrected chi connectivity index (χ0v) is 17.5. The second kappa shape index (κ2) is 8.69. The van der Waals surface area contributed by atoms with E-state index < -0.39 is 23.3 Å². The van der Waals surface area contributed by atoms with Crippen molar-refractivity contribution < 1.29 is 14.7 Å². The Kier molecular flexibility index (Phi) is 6.26. The number of aromatic hydroxyl groups is 1. The number of aromatic amines is 1. The van der Waals surface area contributed by atoms with Crippen molar-refractivity contribution in [3.8, 4) is 5.75 Å². The number of likely N-dealkylation sites (tertiary alicyclic amines) is 1. The molecule has 29 heavy (non-hydrogen) atoms. The van der Waals surface area contributed by atoms with Gasteiger partial charge in [0.2, 0.25) is 11.7 Å². The van der Waals surface area contributed by atoms with Crippen LogP contribution in [0, 0.1) is 0 Å². The molecule has 2 heterocycles. The number of H-pyrrole nitrogens is 1. The van der Waals surface area contributed by atoms with Crippen LogP contribution in [0.1, 0.15) is 47.7 Å². The Hall–Kier alpha value is -2.81. The lowest BCUT2D eigenvalue weighted by Crippen LogP contribution is -2.33. The van der Waals surface area contributed by atoms with E-state index in [0.717, 1.165) is 16.9 Å². The van der Waals surface area contributed by atoms with Crippen molar-refractivity contribution in [2.75, 3.05) is 19.8 Å². The SMILES string of the molecule is CSc1ccccc1CN(C)C(=O)c1nc(C2CCCN2C(C)=O)[nH]c(=O)c1O. The first-order valence-corrected chi connectivity index (χ1v) is 10.5. The fraction of sp³-hybridized carbons (Fsp3) is 0.400. The van der Waals surface area contributed by atoms with Crippen LogP contribution in [0.25, 0.3) is 0 Å². The lowest BCUT2D eigenvalue weighted by atomic mass is 10.2. The number of hydrogen-bond acceptors (Lipinski definition) is 6. The summed E-state index contributed by atoms with van der Waals surface area (Å²) in [5.41, 5.74) is -0.131. The van der Waals surface area contributed by atoms with Crippen LogP contribution in [0.3, 0.4) is 0 Å². The van der Waals surface area contributed by atoms with Crippen LogP contribution in [-0.4, -0.2) is 56.5 Å². The Bertz CT molecular complexity index is 991. The van der Waals surface area contributed by atoms with Gasteiger partial charge in [-0.05, 0) is 30.7 Å². The van der Waals surface area contributed by atoms with Gasteiger partial charge in [-0.2, -0.15) is 0 Å². The summed E-state index contributed by atoms with van der Waals surface area (Å²) in [6, 6.07) is 7.31. The normalized spacial score (nSPS) is 16.1. The molecule has 0 saturated carbocycles. The molecule has 0 bridgehead atoms. The van der Waals surface area contributed by atoms with Gasteiger partial charge in [-0.15, -0.1) is 11.8 Å². The molecule has 1 unspecified atom stereocenters. The van der Waals surface area contributed by atoms with Crippen molar-refractivity contribution in [2.45, 2.75) is 37.2 Å². The van der Waals surface area contributed by atoms with Crippen molar-refractivity contribution in [3.63, 3.8) is 0 Å². The third-order valence-corrected chi connectivity index (χ3v) is 5.87. The van der Waals surface area contributed by atoms with Crippen molar-refractivity contribution in [1.82, 2.24) is 19.8 Å². The largest absolute Gasteiger partial charge is 0.501 e. The summed E-state index contributed by atoms with van der Waals surface area (Å²) < 4.78 is 0. The Morgan fingerprint density at radius 2 is 2.10 bits per heavy atom. The van der Waals surface area contributed by atoms with Crippen LogP contribution in [0.4, 0.5) is 0 Å². The highest BCUT2D eigenvalue weighted by atomic mass is 32.2. The van der Waals surface area contributed by atoms with Crippen LogP contribution in [0.5, 0.6) is 5.75 Å². The van der Waals surface area contributed by atoms with Gasteiger partial charge in [0.25, 0.3) is 11.5 Å². The number of nitrogens with zero attached hydrogens (tertiary/aromatic N) is 3. The number of amides is 2. The summed E-state index contributed by atoms with van der Waals surface area (Å²) in [6.07, 6.45) is 3.38. The third kappa shape index (κ3) is 4.29. The fourth-order valence-corrected chi connectivity index (χ4v) is 4.17. The van der Waals surface area contributed by atoms with Gasteiger partial charge in [0.05, 0.1) is 6.04 Å². The van der Waals surface area contributed by atoms with E-state index in [-0.39, 0.29) is 17.4 Å². The number of nitrogens with one attached hydrogen (secondary N) is 1. The molecular formula is C20H24N4O4S. The van der Waals surface area contributed by atoms with E-state index in [0.29, 0.717) is 19.5 Å². The standard InChI is InChI=1S/C20H24N4O4S/c1-12(25)24-10-6-8-14(24)18-21-16(17(26)19(27)22-18)20(28)23(2)11-13-7-4-5-9-15(13)29-3/h4-5,7,9,14,26H,6,8,10-11H2,1-3H3,(H,21,22,27). The summed E-state index contributed by atoms with van der Waals surface area (Å²) in [5, 5.41) is 10.2. The quantitative estimate of drug-likeness (QED) is 0.724. The number of rotatable bonds is 5. The number of carbonyl (C=O) groups excluding carboxylic acids is 2. The molecule has 8 nitrogen and oxygen atoms in total. The maximum atomic E-state index is 13.0. The molecule has 9 heteroatoms. The molecule has 0 aliphatic carbocycles. The Labute approximate surface area is 172 Å². The van der Waals surface area contributed by atoms with Gasteiger partial charge in [0.15, 0.2) is 5.69 Å². The van der Waals surface area contributed by atoms with Crippen molar-refractivity contribution in [1.29, 1.82) is 0 Å². The Balaban J connectivity index is 1.91. The van der Waals surface area contributed by atoms with E-state index in [4.69, 9.17) is 0 Å². The molecule has 2 N–H and O–H groups in total. The highest BCUT2D eigenvalue weighted by molar-refractivity contribution is 7.98. The molecule has 2 aromatic rings. The van der Waals surface area contributed by atoms with E-state index in [1.807, 2.05) is 30.5 Å². The molecule has 1 atom stereocenters. The number of aromatic nitrogens is 2. The highest BCUT2D eigenvalue weighted by Gasteiger charge is 2.32. The summed E-state index contributed by atoms with van der Waals surface area (Å²) in [6.45, 7) is 2.33. The predicted molar refractivity (Wildman–Crippen MR) is 110 cm³/mol. The average molecular weight is 417 g/mol. The molecule has 1 aromatic carbocycles. The lowest BCUT2D eigenvalue weighted by Gasteiger charge is -2.23. The summed E-state index contributed by atoms with van der Waals surface area (Å²) in [7, 11) is 1.60. The van der Waals surface area contributed by atoms with E-state index in [1.54, 1.807) is 23.7 Å². The highest BCUT2D eigenvalue weighted by Crippen LogP contribution is 2.30. The molecule has 3 rings (SSSR count). The van der Waals surface area contributed by atoms with Gasteiger partial charge < -0.3 is 19.9 Å². The van der Waals surface area contributed by atoms with Gasteiger partial charge in [0.1, 0.15) is 5.82 Å². The smallest absolute Gasteiger partial charge is 0.294 e. The lowest BCUT2D eigenvalue weighted by molar-refractivity contribution is -0.129. The maximum absolute atomic E-state index is 13.0. The zero-order valence-electron chi connectivity index (χ0n) is 16.6. The van der Waals surface area contributed by atoms with Crippen molar-refractivity contribution in [3.05, 3.63) is 51.7 Å². The first kappa shape index (κ1) is 20.9. The van der Waals surface area contributed by atoms with E-state index in [9.17, 15) is 19.5 Å². The Morgan fingerprint density at radius 1 is 1.38 bits per heavy atom. The summed E-state index contributed by atoms with van der Waals surface area (Å²) in [4.78, 5) is 47.9. The third-order valence-electron chi connectivity index (χ3n) is 5.04. The van der Waals surface area contributed by atoms with Crippen molar-refractivity contribution in [2.24, 2.45) is 0 Å². The monoisotopic (exact) mass is 416 g/mol. The van der Waals surface area contributed by atoms with Gasteiger partial charge >= 0.3 is 0 Å². The molecule has 1 saturated heterocycles. The Morgan fingerprint density at radius 3 is 2.79 bits per heavy atom. The van der Waals surface area contributed by atoms with E-state index in [1.165, 1.54) is 11.8 Å². The molecular weight excluding hydrogens is 392 g/mol. The van der Waals surface area contributed by atoms with Gasteiger partial charge in [-0.3, -0.25) is 14.4 Å². The molecule has 154 valence electrons. The minimum Gasteiger partial charge on any atom is -0.501 e. The maximum Gasteiger partial charge on any atom is 0.294 e. The van der Waals surface area contributed by atoms with E-state index >= 15 is 0 Å². The average Bonchev–Trinajstić information content (AvgIpc) is 3.20. The summed E-state index contributed by atoms with van der Waals surface area (Å²) in [5.74, 6) is -1.17. The molecule has 1 aliphatic heterocycles. The topological polar surface area (TPSA) is 107 Å². The van der Waals surface area contributed by atoms with Crippen LogP contribution < -0.4 is 5.56 Å². The van der Waals surface area contributed by atoms with Crippen LogP contribution in [0.15, 0.2) is 34.0 Å². The van der Waals surface area contributed by atoms with Crippen molar-refractivity contribution >= 4 is 23.6 Å². The minimum absolute atomic E-state index is 0.123. The molecule has 0 spiro atoms. The molecule has 1 aromatic heterocycles.